The normalized spacial score (nSPS) is 10.6. The summed E-state index contributed by atoms with van der Waals surface area (Å²) in [6.45, 7) is 22.7. The molecule has 0 aliphatic heterocycles. The molecule has 0 saturated heterocycles. The fourth-order valence-corrected chi connectivity index (χ4v) is 0. The SMILES string of the molecule is CPC.C[P+](C)(C)C.C[P+](C)(C)C. The first-order valence-electron chi connectivity index (χ1n) is 4.58. The number of hydrogen-bond acceptors (Lipinski definition) is 0. The maximum atomic E-state index is 2.30. The molecule has 0 aromatic carbocycles. The standard InChI is InChI=1S/2C4H12P.C2H7P/c2*1-5(2,3)4;1-3-2/h2*1-4H3;3H,1-2H3/q2*+1;. The summed E-state index contributed by atoms with van der Waals surface area (Å²) in [5, 5.41) is 0. The maximum Gasteiger partial charge on any atom is 0.0481 e. The van der Waals surface area contributed by atoms with Crippen molar-refractivity contribution in [1.29, 1.82) is 0 Å². The quantitative estimate of drug-likeness (QED) is 0.565. The Balaban J connectivity index is -0.000000120. The van der Waals surface area contributed by atoms with Crippen LogP contribution in [0.3, 0.4) is 0 Å². The molecular formula is C10H31P3+2. The Labute approximate surface area is 90.1 Å². The van der Waals surface area contributed by atoms with Crippen molar-refractivity contribution in [2.75, 3.05) is 66.6 Å². The van der Waals surface area contributed by atoms with Crippen LogP contribution in [0.15, 0.2) is 0 Å². The molecule has 0 amide bonds. The fraction of sp³-hybridized carbons (Fsp3) is 1.00. The van der Waals surface area contributed by atoms with Gasteiger partial charge in [-0.25, -0.2) is 0 Å². The highest BCUT2D eigenvalue weighted by Crippen LogP contribution is 2.40. The third-order valence-corrected chi connectivity index (χ3v) is 0. The van der Waals surface area contributed by atoms with E-state index in [2.05, 4.69) is 66.6 Å². The van der Waals surface area contributed by atoms with Gasteiger partial charge >= 0.3 is 0 Å². The van der Waals surface area contributed by atoms with Crippen molar-refractivity contribution in [2.45, 2.75) is 0 Å². The molecule has 0 nitrogen and oxygen atoms in total. The molecule has 0 aromatic heterocycles. The van der Waals surface area contributed by atoms with Gasteiger partial charge < -0.3 is 0 Å². The summed E-state index contributed by atoms with van der Waals surface area (Å²) in [4.78, 5) is 0. The van der Waals surface area contributed by atoms with Gasteiger partial charge in [-0.15, -0.1) is 8.58 Å². The molecule has 0 rings (SSSR count). The minimum Gasteiger partial charge on any atom is -0.129 e. The molecule has 0 fully saturated rings. The molecule has 0 saturated carbocycles. The second-order valence-corrected chi connectivity index (χ2v) is 17.6. The molecule has 0 unspecified atom stereocenters. The smallest absolute Gasteiger partial charge is 0.0481 e. The largest absolute Gasteiger partial charge is 0.129 e. The van der Waals surface area contributed by atoms with Gasteiger partial charge in [-0.2, -0.15) is 0 Å². The van der Waals surface area contributed by atoms with Crippen LogP contribution in [0, 0.1) is 0 Å². The van der Waals surface area contributed by atoms with Crippen LogP contribution in [0.1, 0.15) is 0 Å². The molecule has 0 aliphatic rings. The third-order valence-electron chi connectivity index (χ3n) is 0. The lowest BCUT2D eigenvalue weighted by Crippen LogP contribution is -1.74. The zero-order valence-corrected chi connectivity index (χ0v) is 14.2. The first-order valence-corrected chi connectivity index (χ1v) is 13.7. The summed E-state index contributed by atoms with van der Waals surface area (Å²) in [6, 6.07) is 0. The van der Waals surface area contributed by atoms with Crippen LogP contribution in [0.2, 0.25) is 0 Å². The second-order valence-electron chi connectivity index (χ2n) is 5.87. The van der Waals surface area contributed by atoms with E-state index in [0.29, 0.717) is 0 Å². The Kier molecular flexibility index (Phi) is 15.0. The summed E-state index contributed by atoms with van der Waals surface area (Å²) in [6.07, 6.45) is 0. The highest BCUT2D eigenvalue weighted by Gasteiger charge is 2.03. The molecule has 84 valence electrons. The molecule has 0 radical (unpaired) electrons. The monoisotopic (exact) mass is 244 g/mol. The molecule has 0 aliphatic carbocycles. The summed E-state index contributed by atoms with van der Waals surface area (Å²) in [5.74, 6) is 0. The maximum absolute atomic E-state index is 2.30. The van der Waals surface area contributed by atoms with E-state index in [1.165, 1.54) is 0 Å². The Hall–Kier alpha value is 1.29. The molecule has 3 heteroatoms. The van der Waals surface area contributed by atoms with Crippen molar-refractivity contribution in [1.82, 2.24) is 0 Å². The minimum atomic E-state index is -0.389. The fourth-order valence-electron chi connectivity index (χ4n) is 0. The van der Waals surface area contributed by atoms with Crippen LogP contribution in [0.5, 0.6) is 0 Å². The highest BCUT2D eigenvalue weighted by molar-refractivity contribution is 7.73. The summed E-state index contributed by atoms with van der Waals surface area (Å²) in [7, 11) is 0.306. The van der Waals surface area contributed by atoms with Crippen molar-refractivity contribution in [3.63, 3.8) is 0 Å². The van der Waals surface area contributed by atoms with Crippen molar-refractivity contribution in [3.8, 4) is 0 Å². The van der Waals surface area contributed by atoms with E-state index in [4.69, 9.17) is 0 Å². The minimum absolute atomic E-state index is 0.389. The first kappa shape index (κ1) is 19.8. The van der Waals surface area contributed by atoms with Gasteiger partial charge in [-0.3, -0.25) is 0 Å². The van der Waals surface area contributed by atoms with E-state index in [1.807, 2.05) is 0 Å². The van der Waals surface area contributed by atoms with Gasteiger partial charge in [-0.1, -0.05) is 0 Å². The third kappa shape index (κ3) is 1020. The van der Waals surface area contributed by atoms with Crippen molar-refractivity contribution in [2.24, 2.45) is 0 Å². The Bertz CT molecular complexity index is 63.3. The molecule has 0 N–H and O–H groups in total. The Morgan fingerprint density at radius 2 is 0.538 bits per heavy atom. The van der Waals surface area contributed by atoms with E-state index in [9.17, 15) is 0 Å². The van der Waals surface area contributed by atoms with Crippen LogP contribution in [0.25, 0.3) is 0 Å². The summed E-state index contributed by atoms with van der Waals surface area (Å²) in [5.41, 5.74) is 0. The van der Waals surface area contributed by atoms with Crippen LogP contribution in [-0.2, 0) is 0 Å². The predicted octanol–water partition coefficient (Wildman–Crippen LogP) is 3.97. The van der Waals surface area contributed by atoms with E-state index in [-0.39, 0.29) is 14.5 Å². The van der Waals surface area contributed by atoms with Gasteiger partial charge in [0.15, 0.2) is 0 Å². The van der Waals surface area contributed by atoms with Gasteiger partial charge in [0.2, 0.25) is 0 Å². The van der Waals surface area contributed by atoms with Crippen LogP contribution in [-0.4, -0.2) is 66.6 Å². The Morgan fingerprint density at radius 1 is 0.538 bits per heavy atom. The van der Waals surface area contributed by atoms with E-state index < -0.39 is 0 Å². The van der Waals surface area contributed by atoms with Gasteiger partial charge in [0.05, 0.1) is 0 Å². The van der Waals surface area contributed by atoms with E-state index >= 15 is 0 Å². The van der Waals surface area contributed by atoms with Gasteiger partial charge in [0.25, 0.3) is 0 Å². The Morgan fingerprint density at radius 3 is 0.538 bits per heavy atom. The lowest BCUT2D eigenvalue weighted by atomic mass is 11.8. The first-order chi connectivity index (χ1) is 5.41. The average Bonchev–Trinajstić information content (AvgIpc) is 1.52. The van der Waals surface area contributed by atoms with Crippen LogP contribution >= 0.6 is 23.1 Å². The van der Waals surface area contributed by atoms with Crippen LogP contribution < -0.4 is 0 Å². The van der Waals surface area contributed by atoms with Crippen LogP contribution in [0.4, 0.5) is 0 Å². The average molecular weight is 244 g/mol. The second kappa shape index (κ2) is 9.83. The van der Waals surface area contributed by atoms with Gasteiger partial charge in [-0.05, 0) is 13.3 Å². The van der Waals surface area contributed by atoms with Gasteiger partial charge in [0, 0.05) is 67.8 Å². The molecular weight excluding hydrogens is 213 g/mol. The molecule has 0 atom stereocenters. The van der Waals surface area contributed by atoms with Gasteiger partial charge in [0.1, 0.15) is 0 Å². The zero-order valence-electron chi connectivity index (χ0n) is 11.4. The lowest BCUT2D eigenvalue weighted by Gasteiger charge is -1.97. The molecule has 0 bridgehead atoms. The van der Waals surface area contributed by atoms with E-state index in [1.54, 1.807) is 0 Å². The predicted molar refractivity (Wildman–Crippen MR) is 81.4 cm³/mol. The molecule has 0 aromatic rings. The van der Waals surface area contributed by atoms with Crippen molar-refractivity contribution >= 4 is 23.1 Å². The number of hydrogen-bond donors (Lipinski definition) is 0. The summed E-state index contributed by atoms with van der Waals surface area (Å²) < 4.78 is 0. The topological polar surface area (TPSA) is 0 Å². The lowest BCUT2D eigenvalue weighted by molar-refractivity contribution is 1.95. The molecule has 0 heterocycles. The summed E-state index contributed by atoms with van der Waals surface area (Å²) >= 11 is 0. The highest BCUT2D eigenvalue weighted by atomic mass is 31.2. The van der Waals surface area contributed by atoms with Crippen molar-refractivity contribution in [3.05, 3.63) is 0 Å². The molecule has 13 heavy (non-hydrogen) atoms. The molecule has 0 spiro atoms. The number of rotatable bonds is 0. The van der Waals surface area contributed by atoms with Crippen molar-refractivity contribution < 1.29 is 0 Å². The van der Waals surface area contributed by atoms with E-state index in [0.717, 1.165) is 8.58 Å². The zero-order chi connectivity index (χ0) is 11.7.